The zero-order valence-electron chi connectivity index (χ0n) is 12.9. The number of aromatic nitrogens is 2. The quantitative estimate of drug-likeness (QED) is 0.849. The van der Waals surface area contributed by atoms with Gasteiger partial charge in [-0.15, -0.1) is 0 Å². The molecule has 23 heavy (non-hydrogen) atoms. The first kappa shape index (κ1) is 14.4. The molecule has 6 heteroatoms. The van der Waals surface area contributed by atoms with Crippen molar-refractivity contribution in [1.82, 2.24) is 14.7 Å². The Morgan fingerprint density at radius 1 is 1.09 bits per heavy atom. The summed E-state index contributed by atoms with van der Waals surface area (Å²) in [5.74, 6) is -0.384. The first-order valence-electron chi connectivity index (χ1n) is 7.93. The molecule has 1 aromatic carbocycles. The fraction of sp³-hybridized carbons (Fsp3) is 0.412. The molecule has 0 atom stereocenters. The monoisotopic (exact) mass is 313 g/mol. The Balaban J connectivity index is 1.43. The van der Waals surface area contributed by atoms with Gasteiger partial charge in [0.1, 0.15) is 0 Å². The molecule has 2 aliphatic rings. The van der Waals surface area contributed by atoms with Crippen molar-refractivity contribution in [1.29, 1.82) is 0 Å². The van der Waals surface area contributed by atoms with Gasteiger partial charge in [-0.3, -0.25) is 4.79 Å². The summed E-state index contributed by atoms with van der Waals surface area (Å²) < 4.78 is 13.2. The maximum absolute atomic E-state index is 12.6. The van der Waals surface area contributed by atoms with Gasteiger partial charge >= 0.3 is 0 Å². The standard InChI is InChI=1S/C17H19N3O3/c21-16(19-10-6-17(7-11-19)22-12-13-23-17)14-2-4-15(5-3-14)20-9-1-8-18-20/h1-5,8-9H,6-7,10-13H2. The highest BCUT2D eigenvalue weighted by atomic mass is 16.7. The topological polar surface area (TPSA) is 56.6 Å². The molecule has 3 heterocycles. The van der Waals surface area contributed by atoms with Crippen molar-refractivity contribution in [2.24, 2.45) is 0 Å². The molecule has 1 spiro atoms. The maximum atomic E-state index is 12.6. The van der Waals surface area contributed by atoms with Crippen LogP contribution in [0.3, 0.4) is 0 Å². The zero-order chi connectivity index (χ0) is 15.7. The van der Waals surface area contributed by atoms with Crippen LogP contribution in [0.2, 0.25) is 0 Å². The largest absolute Gasteiger partial charge is 0.347 e. The summed E-state index contributed by atoms with van der Waals surface area (Å²) in [6.45, 7) is 2.64. The lowest BCUT2D eigenvalue weighted by atomic mass is 10.0. The second-order valence-corrected chi connectivity index (χ2v) is 5.90. The van der Waals surface area contributed by atoms with Crippen molar-refractivity contribution in [2.75, 3.05) is 26.3 Å². The summed E-state index contributed by atoms with van der Waals surface area (Å²) in [6.07, 6.45) is 5.09. The van der Waals surface area contributed by atoms with Crippen molar-refractivity contribution < 1.29 is 14.3 Å². The Labute approximate surface area is 134 Å². The number of hydrogen-bond acceptors (Lipinski definition) is 4. The molecule has 0 saturated carbocycles. The van der Waals surface area contributed by atoms with Gasteiger partial charge in [-0.1, -0.05) is 0 Å². The molecular weight excluding hydrogens is 294 g/mol. The number of benzene rings is 1. The fourth-order valence-corrected chi connectivity index (χ4v) is 3.20. The van der Waals surface area contributed by atoms with Gasteiger partial charge in [-0.25, -0.2) is 4.68 Å². The van der Waals surface area contributed by atoms with Crippen LogP contribution in [0.1, 0.15) is 23.2 Å². The minimum atomic E-state index is -0.444. The average Bonchev–Trinajstić information content (AvgIpc) is 3.28. The molecule has 120 valence electrons. The van der Waals surface area contributed by atoms with Crippen LogP contribution in [0.4, 0.5) is 0 Å². The third-order valence-corrected chi connectivity index (χ3v) is 4.51. The molecule has 1 amide bonds. The van der Waals surface area contributed by atoms with E-state index in [1.165, 1.54) is 0 Å². The van der Waals surface area contributed by atoms with Gasteiger partial charge in [0.15, 0.2) is 5.79 Å². The number of amides is 1. The van der Waals surface area contributed by atoms with E-state index < -0.39 is 5.79 Å². The Kier molecular flexibility index (Phi) is 3.63. The molecule has 2 saturated heterocycles. The summed E-state index contributed by atoms with van der Waals surface area (Å²) in [7, 11) is 0. The van der Waals surface area contributed by atoms with Gasteiger partial charge in [0, 0.05) is 43.9 Å². The number of rotatable bonds is 2. The summed E-state index contributed by atoms with van der Waals surface area (Å²) >= 11 is 0. The number of likely N-dealkylation sites (tertiary alicyclic amines) is 1. The number of carbonyl (C=O) groups is 1. The van der Waals surface area contributed by atoms with Gasteiger partial charge in [-0.2, -0.15) is 5.10 Å². The van der Waals surface area contributed by atoms with Gasteiger partial charge in [0.25, 0.3) is 5.91 Å². The lowest BCUT2D eigenvalue weighted by Gasteiger charge is -2.37. The van der Waals surface area contributed by atoms with E-state index in [4.69, 9.17) is 9.47 Å². The van der Waals surface area contributed by atoms with Gasteiger partial charge in [-0.05, 0) is 30.3 Å². The Hall–Kier alpha value is -2.18. The van der Waals surface area contributed by atoms with Crippen molar-refractivity contribution in [3.05, 3.63) is 48.3 Å². The molecule has 4 rings (SSSR count). The Morgan fingerprint density at radius 3 is 2.39 bits per heavy atom. The number of hydrogen-bond donors (Lipinski definition) is 0. The number of carbonyl (C=O) groups excluding carboxylic acids is 1. The molecule has 6 nitrogen and oxygen atoms in total. The second-order valence-electron chi connectivity index (χ2n) is 5.90. The van der Waals surface area contributed by atoms with Crippen molar-refractivity contribution >= 4 is 5.91 Å². The van der Waals surface area contributed by atoms with E-state index in [-0.39, 0.29) is 5.91 Å². The molecule has 0 aliphatic carbocycles. The first-order chi connectivity index (χ1) is 11.3. The van der Waals surface area contributed by atoms with E-state index in [1.54, 1.807) is 10.9 Å². The van der Waals surface area contributed by atoms with E-state index in [9.17, 15) is 4.79 Å². The van der Waals surface area contributed by atoms with Crippen molar-refractivity contribution in [3.63, 3.8) is 0 Å². The van der Waals surface area contributed by atoms with Gasteiger partial charge < -0.3 is 14.4 Å². The highest BCUT2D eigenvalue weighted by Gasteiger charge is 2.40. The highest BCUT2D eigenvalue weighted by molar-refractivity contribution is 5.94. The highest BCUT2D eigenvalue weighted by Crippen LogP contribution is 2.31. The summed E-state index contributed by atoms with van der Waals surface area (Å²) in [6, 6.07) is 9.40. The minimum Gasteiger partial charge on any atom is -0.347 e. The number of piperidine rings is 1. The van der Waals surface area contributed by atoms with Crippen molar-refractivity contribution in [2.45, 2.75) is 18.6 Å². The number of ether oxygens (including phenoxy) is 2. The number of nitrogens with zero attached hydrogens (tertiary/aromatic N) is 3. The maximum Gasteiger partial charge on any atom is 0.253 e. The van der Waals surface area contributed by atoms with Crippen LogP contribution in [0.25, 0.3) is 5.69 Å². The predicted octanol–water partition coefficient (Wildman–Crippen LogP) is 1.85. The van der Waals surface area contributed by atoms with Gasteiger partial charge in [0.05, 0.1) is 18.9 Å². The predicted molar refractivity (Wildman–Crippen MR) is 83.3 cm³/mol. The van der Waals surface area contributed by atoms with Crippen LogP contribution < -0.4 is 0 Å². The van der Waals surface area contributed by atoms with E-state index >= 15 is 0 Å². The average molecular weight is 313 g/mol. The molecular formula is C17H19N3O3. The van der Waals surface area contributed by atoms with Crippen LogP contribution >= 0.6 is 0 Å². The zero-order valence-corrected chi connectivity index (χ0v) is 12.9. The molecule has 2 aromatic rings. The lowest BCUT2D eigenvalue weighted by Crippen LogP contribution is -2.47. The molecule has 0 bridgehead atoms. The minimum absolute atomic E-state index is 0.0601. The van der Waals surface area contributed by atoms with Crippen molar-refractivity contribution in [3.8, 4) is 5.69 Å². The Bertz CT molecular complexity index is 666. The van der Waals surface area contributed by atoms with Crippen LogP contribution in [0.5, 0.6) is 0 Å². The molecule has 0 N–H and O–H groups in total. The summed E-state index contributed by atoms with van der Waals surface area (Å²) in [5, 5.41) is 4.19. The second kappa shape index (κ2) is 5.79. The molecule has 1 aromatic heterocycles. The Morgan fingerprint density at radius 2 is 1.78 bits per heavy atom. The summed E-state index contributed by atoms with van der Waals surface area (Å²) in [4.78, 5) is 14.5. The molecule has 0 unspecified atom stereocenters. The van der Waals surface area contributed by atoms with E-state index in [1.807, 2.05) is 41.4 Å². The third kappa shape index (κ3) is 2.75. The van der Waals surface area contributed by atoms with E-state index in [0.29, 0.717) is 31.9 Å². The van der Waals surface area contributed by atoms with Crippen LogP contribution in [0, 0.1) is 0 Å². The summed E-state index contributed by atoms with van der Waals surface area (Å²) in [5.41, 5.74) is 1.64. The van der Waals surface area contributed by atoms with E-state index in [2.05, 4.69) is 5.10 Å². The third-order valence-electron chi connectivity index (χ3n) is 4.51. The lowest BCUT2D eigenvalue weighted by molar-refractivity contribution is -0.181. The first-order valence-corrected chi connectivity index (χ1v) is 7.93. The van der Waals surface area contributed by atoms with E-state index in [0.717, 1.165) is 18.5 Å². The van der Waals surface area contributed by atoms with Crippen LogP contribution in [0.15, 0.2) is 42.7 Å². The normalized spacial score (nSPS) is 20.1. The molecule has 2 aliphatic heterocycles. The smallest absolute Gasteiger partial charge is 0.253 e. The molecule has 2 fully saturated rings. The van der Waals surface area contributed by atoms with Crippen LogP contribution in [-0.2, 0) is 9.47 Å². The fourth-order valence-electron chi connectivity index (χ4n) is 3.20. The van der Waals surface area contributed by atoms with Gasteiger partial charge in [0.2, 0.25) is 0 Å². The van der Waals surface area contributed by atoms with Crippen LogP contribution in [-0.4, -0.2) is 52.7 Å². The SMILES string of the molecule is O=C(c1ccc(-n2cccn2)cc1)N1CCC2(CC1)OCCO2. The molecule has 0 radical (unpaired) electrons.